The molecule has 1 heterocycles. The van der Waals surface area contributed by atoms with Gasteiger partial charge in [0.15, 0.2) is 5.82 Å². The molecule has 2 aromatic rings. The zero-order valence-electron chi connectivity index (χ0n) is 11.3. The number of hydrogen-bond donors (Lipinski definition) is 1. The molecule has 0 radical (unpaired) electrons. The molecule has 1 aromatic heterocycles. The van der Waals surface area contributed by atoms with Gasteiger partial charge in [0.25, 0.3) is 0 Å². The fraction of sp³-hybridized carbons (Fsp3) is 0.357. The Bertz CT molecular complexity index is 617. The average molecular weight is 259 g/mol. The molecule has 0 fully saturated rings. The second-order valence-electron chi connectivity index (χ2n) is 4.69. The van der Waals surface area contributed by atoms with Crippen LogP contribution in [0.1, 0.15) is 23.4 Å². The zero-order valence-corrected chi connectivity index (χ0v) is 11.3. The number of rotatable bonds is 4. The van der Waals surface area contributed by atoms with Gasteiger partial charge in [-0.2, -0.15) is 5.10 Å². The van der Waals surface area contributed by atoms with Crippen LogP contribution in [0, 0.1) is 13.8 Å². The van der Waals surface area contributed by atoms with Crippen LogP contribution < -0.4 is 0 Å². The molecule has 0 bridgehead atoms. The van der Waals surface area contributed by atoms with Gasteiger partial charge in [0.05, 0.1) is 6.42 Å². The van der Waals surface area contributed by atoms with Gasteiger partial charge in [-0.05, 0) is 25.5 Å². The molecular formula is C14H17N3O2. The fourth-order valence-electron chi connectivity index (χ4n) is 1.94. The standard InChI is InChI=1S/C14H17N3O2/c1-9-4-5-10(2)11(8-9)14-15-12(17(3)16-14)6-7-13(18)19/h4-5,8H,6-7H2,1-3H3,(H,18,19). The normalized spacial score (nSPS) is 10.7. The maximum atomic E-state index is 10.6. The molecule has 0 aliphatic rings. The Kier molecular flexibility index (Phi) is 3.64. The van der Waals surface area contributed by atoms with Crippen molar-refractivity contribution in [3.05, 3.63) is 35.2 Å². The molecule has 0 aliphatic heterocycles. The second-order valence-corrected chi connectivity index (χ2v) is 4.69. The third kappa shape index (κ3) is 2.99. The Labute approximate surface area is 111 Å². The topological polar surface area (TPSA) is 68.0 Å². The summed E-state index contributed by atoms with van der Waals surface area (Å²) in [5, 5.41) is 13.1. The third-order valence-corrected chi connectivity index (χ3v) is 3.05. The molecule has 1 N–H and O–H groups in total. The van der Waals surface area contributed by atoms with E-state index >= 15 is 0 Å². The molecule has 0 spiro atoms. The molecule has 0 amide bonds. The van der Waals surface area contributed by atoms with Crippen molar-refractivity contribution in [1.82, 2.24) is 14.8 Å². The average Bonchev–Trinajstić information content (AvgIpc) is 2.71. The number of carboxylic acids is 1. The Morgan fingerprint density at radius 2 is 2.11 bits per heavy atom. The lowest BCUT2D eigenvalue weighted by molar-refractivity contribution is -0.137. The van der Waals surface area contributed by atoms with Crippen LogP contribution in [0.2, 0.25) is 0 Å². The molecule has 5 heteroatoms. The lowest BCUT2D eigenvalue weighted by Gasteiger charge is -2.02. The molecule has 100 valence electrons. The SMILES string of the molecule is Cc1ccc(C)c(-c2nc(CCC(=O)O)n(C)n2)c1. The Balaban J connectivity index is 2.33. The first-order valence-electron chi connectivity index (χ1n) is 6.16. The molecule has 0 unspecified atom stereocenters. The molecule has 0 saturated carbocycles. The number of benzene rings is 1. The first-order valence-corrected chi connectivity index (χ1v) is 6.16. The third-order valence-electron chi connectivity index (χ3n) is 3.05. The lowest BCUT2D eigenvalue weighted by Crippen LogP contribution is -2.03. The van der Waals surface area contributed by atoms with E-state index in [9.17, 15) is 4.79 Å². The van der Waals surface area contributed by atoms with E-state index in [4.69, 9.17) is 5.11 Å². The van der Waals surface area contributed by atoms with Crippen LogP contribution in [0.3, 0.4) is 0 Å². The first-order chi connectivity index (χ1) is 8.97. The molecule has 0 aliphatic carbocycles. The van der Waals surface area contributed by atoms with E-state index in [0.29, 0.717) is 18.1 Å². The summed E-state index contributed by atoms with van der Waals surface area (Å²) in [6.07, 6.45) is 0.461. The molecule has 0 atom stereocenters. The van der Waals surface area contributed by atoms with Gasteiger partial charge in [-0.1, -0.05) is 17.7 Å². The van der Waals surface area contributed by atoms with E-state index in [1.165, 1.54) is 0 Å². The number of aliphatic carboxylic acids is 1. The molecule has 1 aromatic carbocycles. The van der Waals surface area contributed by atoms with E-state index in [0.717, 1.165) is 16.7 Å². The van der Waals surface area contributed by atoms with E-state index in [2.05, 4.69) is 10.1 Å². The van der Waals surface area contributed by atoms with Crippen molar-refractivity contribution in [2.24, 2.45) is 7.05 Å². The predicted octanol–water partition coefficient (Wildman–Crippen LogP) is 2.12. The van der Waals surface area contributed by atoms with Gasteiger partial charge in [0.1, 0.15) is 5.82 Å². The van der Waals surface area contributed by atoms with E-state index < -0.39 is 5.97 Å². The largest absolute Gasteiger partial charge is 0.481 e. The summed E-state index contributed by atoms with van der Waals surface area (Å²) in [7, 11) is 1.79. The quantitative estimate of drug-likeness (QED) is 0.913. The van der Waals surface area contributed by atoms with Crippen LogP contribution in [-0.2, 0) is 18.3 Å². The number of carbonyl (C=O) groups is 1. The maximum Gasteiger partial charge on any atom is 0.303 e. The van der Waals surface area contributed by atoms with Gasteiger partial charge >= 0.3 is 5.97 Å². The van der Waals surface area contributed by atoms with Crippen molar-refractivity contribution in [3.8, 4) is 11.4 Å². The van der Waals surface area contributed by atoms with Crippen molar-refractivity contribution in [2.45, 2.75) is 26.7 Å². The van der Waals surface area contributed by atoms with Crippen LogP contribution in [0.25, 0.3) is 11.4 Å². The van der Waals surface area contributed by atoms with Crippen molar-refractivity contribution in [2.75, 3.05) is 0 Å². The van der Waals surface area contributed by atoms with Crippen molar-refractivity contribution in [3.63, 3.8) is 0 Å². The second kappa shape index (κ2) is 5.22. The lowest BCUT2D eigenvalue weighted by atomic mass is 10.1. The molecule has 2 rings (SSSR count). The zero-order chi connectivity index (χ0) is 14.0. The van der Waals surface area contributed by atoms with Gasteiger partial charge < -0.3 is 5.11 Å². The molecule has 0 saturated heterocycles. The number of hydrogen-bond acceptors (Lipinski definition) is 3. The summed E-state index contributed by atoms with van der Waals surface area (Å²) < 4.78 is 1.65. The molecule has 5 nitrogen and oxygen atoms in total. The summed E-state index contributed by atoms with van der Waals surface area (Å²) >= 11 is 0. The summed E-state index contributed by atoms with van der Waals surface area (Å²) in [5.41, 5.74) is 3.26. The van der Waals surface area contributed by atoms with Crippen molar-refractivity contribution >= 4 is 5.97 Å². The van der Waals surface area contributed by atoms with Gasteiger partial charge in [-0.3, -0.25) is 9.48 Å². The summed E-state index contributed by atoms with van der Waals surface area (Å²) in [6.45, 7) is 4.04. The monoisotopic (exact) mass is 259 g/mol. The van der Waals surface area contributed by atoms with Crippen LogP contribution in [0.4, 0.5) is 0 Å². The minimum Gasteiger partial charge on any atom is -0.481 e. The number of nitrogens with zero attached hydrogens (tertiary/aromatic N) is 3. The predicted molar refractivity (Wildman–Crippen MR) is 71.9 cm³/mol. The van der Waals surface area contributed by atoms with Gasteiger partial charge in [-0.15, -0.1) is 0 Å². The Morgan fingerprint density at radius 1 is 1.37 bits per heavy atom. The van der Waals surface area contributed by atoms with Gasteiger partial charge in [0, 0.05) is 19.0 Å². The van der Waals surface area contributed by atoms with Crippen molar-refractivity contribution in [1.29, 1.82) is 0 Å². The minimum atomic E-state index is -0.823. The first kappa shape index (κ1) is 13.3. The van der Waals surface area contributed by atoms with E-state index in [1.54, 1.807) is 11.7 Å². The summed E-state index contributed by atoms with van der Waals surface area (Å²) in [5.74, 6) is 0.527. The number of carboxylic acid groups (broad SMARTS) is 1. The Hall–Kier alpha value is -2.17. The van der Waals surface area contributed by atoms with Gasteiger partial charge in [0.2, 0.25) is 0 Å². The highest BCUT2D eigenvalue weighted by Crippen LogP contribution is 2.21. The van der Waals surface area contributed by atoms with E-state index in [-0.39, 0.29) is 6.42 Å². The molecular weight excluding hydrogens is 242 g/mol. The fourth-order valence-corrected chi connectivity index (χ4v) is 1.94. The highest BCUT2D eigenvalue weighted by molar-refractivity contribution is 5.67. The molecule has 19 heavy (non-hydrogen) atoms. The van der Waals surface area contributed by atoms with Crippen LogP contribution in [-0.4, -0.2) is 25.8 Å². The van der Waals surface area contributed by atoms with Crippen LogP contribution in [0.5, 0.6) is 0 Å². The minimum absolute atomic E-state index is 0.0682. The number of aryl methyl sites for hydroxylation is 4. The number of aromatic nitrogens is 3. The van der Waals surface area contributed by atoms with Crippen LogP contribution in [0.15, 0.2) is 18.2 Å². The van der Waals surface area contributed by atoms with E-state index in [1.807, 2.05) is 32.0 Å². The Morgan fingerprint density at radius 3 is 2.79 bits per heavy atom. The highest BCUT2D eigenvalue weighted by Gasteiger charge is 2.12. The van der Waals surface area contributed by atoms with Crippen LogP contribution >= 0.6 is 0 Å². The summed E-state index contributed by atoms with van der Waals surface area (Å²) in [4.78, 5) is 15.0. The maximum absolute atomic E-state index is 10.6. The van der Waals surface area contributed by atoms with Crippen molar-refractivity contribution < 1.29 is 9.90 Å². The highest BCUT2D eigenvalue weighted by atomic mass is 16.4. The smallest absolute Gasteiger partial charge is 0.303 e. The summed E-state index contributed by atoms with van der Waals surface area (Å²) in [6, 6.07) is 6.14. The van der Waals surface area contributed by atoms with Gasteiger partial charge in [-0.25, -0.2) is 4.98 Å².